The van der Waals surface area contributed by atoms with Gasteiger partial charge in [0.15, 0.2) is 9.84 Å². The molecule has 0 heterocycles. The van der Waals surface area contributed by atoms with E-state index in [2.05, 4.69) is 11.9 Å². The van der Waals surface area contributed by atoms with Crippen molar-refractivity contribution in [2.45, 2.75) is 12.2 Å². The number of hydrogen-bond acceptors (Lipinski definition) is 3. The number of carbonyl (C=O) groups excluding carboxylic acids is 1. The molecule has 4 nitrogen and oxygen atoms in total. The fourth-order valence-corrected chi connectivity index (χ4v) is 0.983. The molecular weight excluding hydrogens is 178 g/mol. The Balaban J connectivity index is 4.21. The lowest BCUT2D eigenvalue weighted by Crippen LogP contribution is -2.37. The van der Waals surface area contributed by atoms with Gasteiger partial charge in [-0.05, 0) is 6.92 Å². The normalized spacial score (nSPS) is 13.5. The lowest BCUT2D eigenvalue weighted by molar-refractivity contribution is -0.120. The van der Waals surface area contributed by atoms with Gasteiger partial charge in [-0.25, -0.2) is 8.42 Å². The summed E-state index contributed by atoms with van der Waals surface area (Å²) in [6.45, 7) is 5.04. The Bertz CT molecular complexity index is 268. The fourth-order valence-electron chi connectivity index (χ4n) is 0.511. The van der Waals surface area contributed by atoms with Crippen LogP contribution in [0.2, 0.25) is 0 Å². The molecule has 0 aromatic carbocycles. The summed E-state index contributed by atoms with van der Waals surface area (Å²) in [5.74, 6) is -0.489. The first-order chi connectivity index (χ1) is 5.39. The van der Waals surface area contributed by atoms with Gasteiger partial charge < -0.3 is 5.32 Å². The van der Waals surface area contributed by atoms with E-state index in [1.54, 1.807) is 0 Å². The Kier molecular flexibility index (Phi) is 3.95. The van der Waals surface area contributed by atoms with E-state index in [9.17, 15) is 13.2 Å². The summed E-state index contributed by atoms with van der Waals surface area (Å²) in [5.41, 5.74) is 0. The second-order valence-electron chi connectivity index (χ2n) is 2.51. The van der Waals surface area contributed by atoms with Crippen molar-refractivity contribution < 1.29 is 13.2 Å². The lowest BCUT2D eigenvalue weighted by Gasteiger charge is -2.08. The molecular formula is C7H13NO3S. The Labute approximate surface area is 72.6 Å². The van der Waals surface area contributed by atoms with E-state index in [0.29, 0.717) is 6.54 Å². The van der Waals surface area contributed by atoms with E-state index in [1.165, 1.54) is 13.0 Å². The molecule has 0 fully saturated rings. The fraction of sp³-hybridized carbons (Fsp3) is 0.571. The molecule has 0 aliphatic rings. The summed E-state index contributed by atoms with van der Waals surface area (Å²) < 4.78 is 21.7. The third-order valence-corrected chi connectivity index (χ3v) is 2.93. The van der Waals surface area contributed by atoms with E-state index in [1.807, 2.05) is 0 Å². The van der Waals surface area contributed by atoms with Gasteiger partial charge >= 0.3 is 0 Å². The monoisotopic (exact) mass is 191 g/mol. The van der Waals surface area contributed by atoms with Gasteiger partial charge in [0.2, 0.25) is 5.91 Å². The number of rotatable bonds is 4. The zero-order valence-corrected chi connectivity index (χ0v) is 8.02. The Hall–Kier alpha value is -0.840. The highest BCUT2D eigenvalue weighted by molar-refractivity contribution is 7.92. The van der Waals surface area contributed by atoms with Crippen LogP contribution in [-0.2, 0) is 14.6 Å². The average molecular weight is 191 g/mol. The van der Waals surface area contributed by atoms with Gasteiger partial charge in [-0.1, -0.05) is 6.08 Å². The van der Waals surface area contributed by atoms with Crippen LogP contribution in [0.1, 0.15) is 6.92 Å². The number of sulfone groups is 1. The van der Waals surface area contributed by atoms with E-state index in [-0.39, 0.29) is 0 Å². The predicted octanol–water partition coefficient (Wildman–Crippen LogP) is -0.278. The third kappa shape index (κ3) is 3.52. The third-order valence-electron chi connectivity index (χ3n) is 1.43. The molecule has 0 aromatic rings. The van der Waals surface area contributed by atoms with E-state index < -0.39 is 21.0 Å². The van der Waals surface area contributed by atoms with Gasteiger partial charge in [-0.3, -0.25) is 4.79 Å². The standard InChI is InChI=1S/C7H13NO3S/c1-4-5-8-7(9)6(2)12(3,10)11/h4,6H,1,5H2,2-3H3,(H,8,9). The molecule has 0 saturated heterocycles. The molecule has 0 aliphatic carbocycles. The number of amides is 1. The van der Waals surface area contributed by atoms with Gasteiger partial charge in [0.1, 0.15) is 5.25 Å². The number of nitrogens with one attached hydrogen (secondary N) is 1. The van der Waals surface area contributed by atoms with Crippen molar-refractivity contribution in [1.82, 2.24) is 5.32 Å². The molecule has 1 unspecified atom stereocenters. The van der Waals surface area contributed by atoms with Crippen molar-refractivity contribution >= 4 is 15.7 Å². The van der Waals surface area contributed by atoms with Crippen molar-refractivity contribution in [3.8, 4) is 0 Å². The first-order valence-electron chi connectivity index (χ1n) is 3.47. The molecule has 1 atom stereocenters. The largest absolute Gasteiger partial charge is 0.352 e. The van der Waals surface area contributed by atoms with Gasteiger partial charge in [-0.15, -0.1) is 6.58 Å². The van der Waals surface area contributed by atoms with E-state index >= 15 is 0 Å². The van der Waals surface area contributed by atoms with Crippen LogP contribution in [0.5, 0.6) is 0 Å². The maximum Gasteiger partial charge on any atom is 0.238 e. The molecule has 1 N–H and O–H groups in total. The molecule has 12 heavy (non-hydrogen) atoms. The minimum absolute atomic E-state index is 0.290. The van der Waals surface area contributed by atoms with Crippen molar-refractivity contribution in [1.29, 1.82) is 0 Å². The van der Waals surface area contributed by atoms with Crippen LogP contribution in [0.25, 0.3) is 0 Å². The van der Waals surface area contributed by atoms with Gasteiger partial charge in [0.05, 0.1) is 0 Å². The maximum atomic E-state index is 11.0. The topological polar surface area (TPSA) is 63.2 Å². The van der Waals surface area contributed by atoms with Crippen molar-refractivity contribution in [2.24, 2.45) is 0 Å². The minimum atomic E-state index is -3.28. The van der Waals surface area contributed by atoms with Crippen LogP contribution in [0.15, 0.2) is 12.7 Å². The molecule has 0 aliphatic heterocycles. The van der Waals surface area contributed by atoms with Crippen LogP contribution in [0.4, 0.5) is 0 Å². The molecule has 0 spiro atoms. The van der Waals surface area contributed by atoms with Crippen LogP contribution in [-0.4, -0.2) is 32.4 Å². The summed E-state index contributed by atoms with van der Waals surface area (Å²) in [6.07, 6.45) is 2.53. The van der Waals surface area contributed by atoms with Crippen molar-refractivity contribution in [3.63, 3.8) is 0 Å². The van der Waals surface area contributed by atoms with Crippen LogP contribution in [0, 0.1) is 0 Å². The minimum Gasteiger partial charge on any atom is -0.352 e. The SMILES string of the molecule is C=CCNC(=O)C(C)S(C)(=O)=O. The van der Waals surface area contributed by atoms with Gasteiger partial charge in [0.25, 0.3) is 0 Å². The maximum absolute atomic E-state index is 11.0. The molecule has 0 bridgehead atoms. The number of hydrogen-bond donors (Lipinski definition) is 1. The van der Waals surface area contributed by atoms with Crippen LogP contribution < -0.4 is 5.32 Å². The molecule has 0 aromatic heterocycles. The van der Waals surface area contributed by atoms with Crippen molar-refractivity contribution in [2.75, 3.05) is 12.8 Å². The summed E-state index contributed by atoms with van der Waals surface area (Å²) in [4.78, 5) is 11.0. The van der Waals surface area contributed by atoms with E-state index in [0.717, 1.165) is 6.26 Å². The summed E-state index contributed by atoms with van der Waals surface area (Å²) in [7, 11) is -3.28. The predicted molar refractivity (Wildman–Crippen MR) is 47.5 cm³/mol. The highest BCUT2D eigenvalue weighted by Crippen LogP contribution is 1.96. The second kappa shape index (κ2) is 4.25. The first-order valence-corrected chi connectivity index (χ1v) is 5.42. The highest BCUT2D eigenvalue weighted by Gasteiger charge is 2.22. The van der Waals surface area contributed by atoms with Gasteiger partial charge in [0, 0.05) is 12.8 Å². The number of carbonyl (C=O) groups is 1. The quantitative estimate of drug-likeness (QED) is 0.622. The second-order valence-corrected chi connectivity index (χ2v) is 4.87. The lowest BCUT2D eigenvalue weighted by atomic mass is 10.4. The Morgan fingerprint density at radius 2 is 2.17 bits per heavy atom. The molecule has 0 rings (SSSR count). The molecule has 70 valence electrons. The van der Waals surface area contributed by atoms with Crippen LogP contribution in [0.3, 0.4) is 0 Å². The summed E-state index contributed by atoms with van der Waals surface area (Å²) in [6, 6.07) is 0. The molecule has 0 saturated carbocycles. The smallest absolute Gasteiger partial charge is 0.238 e. The average Bonchev–Trinajstić information content (AvgIpc) is 1.97. The Morgan fingerprint density at radius 1 is 1.67 bits per heavy atom. The summed E-state index contributed by atoms with van der Waals surface area (Å²) in [5, 5.41) is 1.41. The Morgan fingerprint density at radius 3 is 2.50 bits per heavy atom. The zero-order chi connectivity index (χ0) is 9.78. The first kappa shape index (κ1) is 11.2. The van der Waals surface area contributed by atoms with Crippen LogP contribution >= 0.6 is 0 Å². The molecule has 0 radical (unpaired) electrons. The molecule has 5 heteroatoms. The zero-order valence-electron chi connectivity index (χ0n) is 7.20. The van der Waals surface area contributed by atoms with Gasteiger partial charge in [-0.2, -0.15) is 0 Å². The highest BCUT2D eigenvalue weighted by atomic mass is 32.2. The van der Waals surface area contributed by atoms with Crippen molar-refractivity contribution in [3.05, 3.63) is 12.7 Å². The summed E-state index contributed by atoms with van der Waals surface area (Å²) >= 11 is 0. The van der Waals surface area contributed by atoms with E-state index in [4.69, 9.17) is 0 Å². The molecule has 1 amide bonds.